The van der Waals surface area contributed by atoms with Crippen LogP contribution in [0.25, 0.3) is 0 Å². The van der Waals surface area contributed by atoms with Gasteiger partial charge in [0.1, 0.15) is 5.82 Å². The van der Waals surface area contributed by atoms with E-state index in [0.717, 1.165) is 31.7 Å². The molecule has 19 heavy (non-hydrogen) atoms. The fourth-order valence-electron chi connectivity index (χ4n) is 2.31. The molecule has 0 radical (unpaired) electrons. The summed E-state index contributed by atoms with van der Waals surface area (Å²) in [5.74, 6) is -0.346. The molecule has 1 aromatic carbocycles. The molecule has 1 unspecified atom stereocenters. The van der Waals surface area contributed by atoms with Gasteiger partial charge >= 0.3 is 5.97 Å². The summed E-state index contributed by atoms with van der Waals surface area (Å²) in [5, 5.41) is 9.01. The summed E-state index contributed by atoms with van der Waals surface area (Å²) < 4.78 is 13.4. The largest absolute Gasteiger partial charge is 0.481 e. The normalized spacial score (nSPS) is 20.4. The van der Waals surface area contributed by atoms with E-state index in [1.807, 2.05) is 6.07 Å². The maximum Gasteiger partial charge on any atom is 0.307 e. The minimum Gasteiger partial charge on any atom is -0.481 e. The topological polar surface area (TPSA) is 40.5 Å². The van der Waals surface area contributed by atoms with Crippen LogP contribution in [0.5, 0.6) is 0 Å². The van der Waals surface area contributed by atoms with Crippen LogP contribution in [0.3, 0.4) is 0 Å². The molecule has 1 heterocycles. The van der Waals surface area contributed by atoms with Gasteiger partial charge in [0.25, 0.3) is 0 Å². The summed E-state index contributed by atoms with van der Waals surface area (Å²) in [6.45, 7) is 2.37. The number of carboxylic acids is 1. The average Bonchev–Trinajstić information content (AvgIpc) is 2.41. The van der Waals surface area contributed by atoms with Gasteiger partial charge in [-0.2, -0.15) is 0 Å². The number of rotatable bonds is 5. The van der Waals surface area contributed by atoms with Gasteiger partial charge in [-0.1, -0.05) is 12.1 Å². The third kappa shape index (κ3) is 4.21. The Morgan fingerprint density at radius 2 is 2.26 bits per heavy atom. The number of piperidine rings is 1. The molecule has 0 aliphatic carbocycles. The van der Waals surface area contributed by atoms with E-state index < -0.39 is 5.97 Å². The van der Waals surface area contributed by atoms with Crippen molar-refractivity contribution in [2.24, 2.45) is 5.92 Å². The molecule has 3 nitrogen and oxygen atoms in total. The third-order valence-corrected chi connectivity index (χ3v) is 4.39. The molecule has 0 saturated carbocycles. The van der Waals surface area contributed by atoms with Crippen LogP contribution in [-0.2, 0) is 4.79 Å². The zero-order valence-electron chi connectivity index (χ0n) is 10.7. The Morgan fingerprint density at radius 3 is 3.00 bits per heavy atom. The molecule has 1 fully saturated rings. The first-order valence-electron chi connectivity index (χ1n) is 6.49. The van der Waals surface area contributed by atoms with Gasteiger partial charge in [-0.15, -0.1) is 11.8 Å². The predicted molar refractivity (Wildman–Crippen MR) is 73.9 cm³/mol. The molecule has 1 aromatic rings. The number of hydrogen-bond donors (Lipinski definition) is 1. The van der Waals surface area contributed by atoms with Crippen LogP contribution in [0.4, 0.5) is 4.39 Å². The Balaban J connectivity index is 1.77. The van der Waals surface area contributed by atoms with E-state index in [2.05, 4.69) is 4.90 Å². The van der Waals surface area contributed by atoms with Crippen LogP contribution in [0.1, 0.15) is 12.8 Å². The Bertz CT molecular complexity index is 441. The van der Waals surface area contributed by atoms with Crippen LogP contribution in [0.2, 0.25) is 0 Å². The molecule has 0 bridgehead atoms. The Morgan fingerprint density at radius 1 is 1.47 bits per heavy atom. The van der Waals surface area contributed by atoms with E-state index in [9.17, 15) is 9.18 Å². The van der Waals surface area contributed by atoms with Gasteiger partial charge in [-0.05, 0) is 31.5 Å². The minimum absolute atomic E-state index is 0.186. The highest BCUT2D eigenvalue weighted by molar-refractivity contribution is 7.99. The molecule has 5 heteroatoms. The first kappa shape index (κ1) is 14.3. The second-order valence-electron chi connectivity index (χ2n) is 4.76. The van der Waals surface area contributed by atoms with Gasteiger partial charge in [0.05, 0.1) is 5.92 Å². The monoisotopic (exact) mass is 283 g/mol. The third-order valence-electron chi connectivity index (χ3n) is 3.36. The van der Waals surface area contributed by atoms with Crippen LogP contribution in [-0.4, -0.2) is 41.4 Å². The smallest absolute Gasteiger partial charge is 0.307 e. The van der Waals surface area contributed by atoms with E-state index in [-0.39, 0.29) is 11.7 Å². The molecule has 1 aliphatic rings. The molecule has 2 rings (SSSR count). The van der Waals surface area contributed by atoms with Crippen LogP contribution in [0.15, 0.2) is 29.2 Å². The fraction of sp³-hybridized carbons (Fsp3) is 0.500. The van der Waals surface area contributed by atoms with E-state index in [0.29, 0.717) is 11.4 Å². The van der Waals surface area contributed by atoms with Crippen molar-refractivity contribution >= 4 is 17.7 Å². The number of benzene rings is 1. The van der Waals surface area contributed by atoms with Crippen LogP contribution >= 0.6 is 11.8 Å². The van der Waals surface area contributed by atoms with Gasteiger partial charge in [0, 0.05) is 23.7 Å². The maximum absolute atomic E-state index is 13.4. The average molecular weight is 283 g/mol. The number of likely N-dealkylation sites (tertiary alicyclic amines) is 1. The van der Waals surface area contributed by atoms with Crippen molar-refractivity contribution < 1.29 is 14.3 Å². The van der Waals surface area contributed by atoms with E-state index in [1.165, 1.54) is 17.8 Å². The van der Waals surface area contributed by atoms with Gasteiger partial charge in [0.15, 0.2) is 0 Å². The van der Waals surface area contributed by atoms with Crippen molar-refractivity contribution in [3.05, 3.63) is 30.1 Å². The molecule has 104 valence electrons. The van der Waals surface area contributed by atoms with Gasteiger partial charge in [-0.3, -0.25) is 4.79 Å². The van der Waals surface area contributed by atoms with Crippen molar-refractivity contribution in [3.63, 3.8) is 0 Å². The molecule has 1 N–H and O–H groups in total. The summed E-state index contributed by atoms with van der Waals surface area (Å²) in [5.41, 5.74) is 0. The van der Waals surface area contributed by atoms with Gasteiger partial charge in [0.2, 0.25) is 0 Å². The van der Waals surface area contributed by atoms with Crippen molar-refractivity contribution in [2.75, 3.05) is 25.4 Å². The van der Waals surface area contributed by atoms with Crippen molar-refractivity contribution in [1.82, 2.24) is 4.90 Å². The molecule has 0 aromatic heterocycles. The Hall–Kier alpha value is -1.07. The number of aliphatic carboxylic acids is 1. The number of carbonyl (C=O) groups is 1. The highest BCUT2D eigenvalue weighted by atomic mass is 32.2. The quantitative estimate of drug-likeness (QED) is 0.844. The molecular weight excluding hydrogens is 265 g/mol. The summed E-state index contributed by atoms with van der Waals surface area (Å²) >= 11 is 1.49. The number of halogens is 1. The second kappa shape index (κ2) is 6.91. The molecule has 0 amide bonds. The lowest BCUT2D eigenvalue weighted by molar-refractivity contribution is -0.143. The predicted octanol–water partition coefficient (Wildman–Crippen LogP) is 2.71. The summed E-state index contributed by atoms with van der Waals surface area (Å²) in [7, 11) is 0. The number of nitrogens with zero attached hydrogens (tertiary/aromatic N) is 1. The van der Waals surface area contributed by atoms with E-state index in [4.69, 9.17) is 5.11 Å². The number of carboxylic acid groups (broad SMARTS) is 1. The maximum atomic E-state index is 13.4. The van der Waals surface area contributed by atoms with Crippen LogP contribution < -0.4 is 0 Å². The first-order valence-corrected chi connectivity index (χ1v) is 7.48. The minimum atomic E-state index is -0.702. The van der Waals surface area contributed by atoms with E-state index in [1.54, 1.807) is 12.1 Å². The number of hydrogen-bond acceptors (Lipinski definition) is 3. The standard InChI is InChI=1S/C14H18FNO2S/c15-12-5-1-2-6-13(12)19-9-8-16-7-3-4-11(10-16)14(17)18/h1-2,5-6,11H,3-4,7-10H2,(H,17,18). The van der Waals surface area contributed by atoms with Crippen molar-refractivity contribution in [3.8, 4) is 0 Å². The summed E-state index contributed by atoms with van der Waals surface area (Å²) in [6, 6.07) is 6.74. The summed E-state index contributed by atoms with van der Waals surface area (Å²) in [6.07, 6.45) is 1.70. The van der Waals surface area contributed by atoms with Crippen LogP contribution in [0, 0.1) is 11.7 Å². The van der Waals surface area contributed by atoms with Gasteiger partial charge < -0.3 is 10.0 Å². The zero-order valence-corrected chi connectivity index (χ0v) is 11.5. The lowest BCUT2D eigenvalue weighted by Gasteiger charge is -2.30. The molecular formula is C14H18FNO2S. The van der Waals surface area contributed by atoms with Gasteiger partial charge in [-0.25, -0.2) is 4.39 Å². The molecule has 1 atom stereocenters. The fourth-order valence-corrected chi connectivity index (χ4v) is 3.26. The number of thioether (sulfide) groups is 1. The highest BCUT2D eigenvalue weighted by Crippen LogP contribution is 2.22. The zero-order chi connectivity index (χ0) is 13.7. The Kier molecular flexibility index (Phi) is 5.22. The lowest BCUT2D eigenvalue weighted by atomic mass is 9.98. The lowest BCUT2D eigenvalue weighted by Crippen LogP contribution is -2.39. The SMILES string of the molecule is O=C(O)C1CCCN(CCSc2ccccc2F)C1. The van der Waals surface area contributed by atoms with E-state index >= 15 is 0 Å². The second-order valence-corrected chi connectivity index (χ2v) is 5.89. The first-order chi connectivity index (χ1) is 9.16. The van der Waals surface area contributed by atoms with Crippen molar-refractivity contribution in [1.29, 1.82) is 0 Å². The molecule has 1 saturated heterocycles. The summed E-state index contributed by atoms with van der Waals surface area (Å²) in [4.78, 5) is 13.8. The van der Waals surface area contributed by atoms with Crippen molar-refractivity contribution in [2.45, 2.75) is 17.7 Å². The molecule has 1 aliphatic heterocycles. The highest BCUT2D eigenvalue weighted by Gasteiger charge is 2.24. The molecule has 0 spiro atoms. The Labute approximate surface area is 116 Å².